The highest BCUT2D eigenvalue weighted by atomic mass is 17.2. The van der Waals surface area contributed by atoms with E-state index in [0.717, 1.165) is 12.2 Å². The highest BCUT2D eigenvalue weighted by Crippen LogP contribution is 2.40. The molecule has 1 aromatic rings. The quantitative estimate of drug-likeness (QED) is 0.0495. The Morgan fingerprint density at radius 1 is 0.600 bits per heavy atom. The first-order chi connectivity index (χ1) is 23.1. The summed E-state index contributed by atoms with van der Waals surface area (Å²) in [6.45, 7) is 20.6. The van der Waals surface area contributed by atoms with Gasteiger partial charge in [0, 0.05) is 5.56 Å². The van der Waals surface area contributed by atoms with Crippen LogP contribution in [0.4, 0.5) is 0 Å². The van der Waals surface area contributed by atoms with Crippen molar-refractivity contribution in [3.63, 3.8) is 0 Å². The number of carbonyl (C=O) groups excluding carboxylic acids is 5. The van der Waals surface area contributed by atoms with E-state index >= 15 is 0 Å². The molecule has 0 aromatic heterocycles. The van der Waals surface area contributed by atoms with Crippen LogP contribution in [-0.4, -0.2) is 52.1 Å². The molecule has 0 spiro atoms. The fourth-order valence-corrected chi connectivity index (χ4v) is 3.59. The molecule has 1 aromatic carbocycles. The second-order valence-electron chi connectivity index (χ2n) is 14.5. The van der Waals surface area contributed by atoms with E-state index in [1.54, 1.807) is 76.2 Å². The SMILES string of the molecule is CCC(C)(C)OOC(=O)C1=CC(C(=O)c2cccc(C(=O)OOC(C)(C)CC)c2)C=CC1(C(=O)OOC(C)(C)CC)C(=O)OOC(C)(C)CC. The lowest BCUT2D eigenvalue weighted by Crippen LogP contribution is -2.48. The predicted molar refractivity (Wildman–Crippen MR) is 179 cm³/mol. The van der Waals surface area contributed by atoms with Gasteiger partial charge < -0.3 is 0 Å². The van der Waals surface area contributed by atoms with E-state index in [2.05, 4.69) is 0 Å². The molecular formula is C37H52O13. The molecule has 0 fully saturated rings. The Bertz CT molecular complexity index is 1430. The van der Waals surface area contributed by atoms with E-state index in [1.807, 2.05) is 6.92 Å². The van der Waals surface area contributed by atoms with Crippen molar-refractivity contribution in [1.29, 1.82) is 0 Å². The summed E-state index contributed by atoms with van der Waals surface area (Å²) < 4.78 is 0. The van der Waals surface area contributed by atoms with Gasteiger partial charge >= 0.3 is 23.9 Å². The second kappa shape index (κ2) is 16.9. The molecule has 1 aliphatic carbocycles. The molecule has 0 heterocycles. The molecular weight excluding hydrogens is 652 g/mol. The maximum absolute atomic E-state index is 13.9. The van der Waals surface area contributed by atoms with Crippen LogP contribution in [0.15, 0.2) is 48.1 Å². The van der Waals surface area contributed by atoms with Gasteiger partial charge in [-0.15, -0.1) is 0 Å². The van der Waals surface area contributed by atoms with Crippen LogP contribution < -0.4 is 0 Å². The molecule has 0 saturated heterocycles. The summed E-state index contributed by atoms with van der Waals surface area (Å²) in [5.74, 6) is -6.67. The van der Waals surface area contributed by atoms with Gasteiger partial charge in [0.05, 0.1) is 17.1 Å². The lowest BCUT2D eigenvalue weighted by molar-refractivity contribution is -0.341. The standard InChI is InChI=1S/C37H52O13/c1-13-33(5,6)47-43-29(39)26-19-17-18-24(22-26)28(38)25-20-21-37(31(41)45-49-35(9,10)15-3,32(42)46-50-36(11,12)16-4)27(23-25)30(40)44-48-34(7,8)14-2/h17-23,25H,13-16H2,1-12H3. The average molecular weight is 705 g/mol. The number of rotatable bonds is 18. The van der Waals surface area contributed by atoms with Gasteiger partial charge in [-0.1, -0.05) is 58.1 Å². The van der Waals surface area contributed by atoms with Crippen LogP contribution in [-0.2, 0) is 53.5 Å². The third kappa shape index (κ3) is 11.0. The number of benzene rings is 1. The van der Waals surface area contributed by atoms with Gasteiger partial charge in [-0.3, -0.25) is 24.3 Å². The summed E-state index contributed by atoms with van der Waals surface area (Å²) >= 11 is 0. The van der Waals surface area contributed by atoms with Gasteiger partial charge in [-0.05, 0) is 93.2 Å². The first-order valence-electron chi connectivity index (χ1n) is 16.8. The Labute approximate surface area is 294 Å². The molecule has 0 saturated carbocycles. The van der Waals surface area contributed by atoms with Crippen molar-refractivity contribution in [2.45, 2.75) is 131 Å². The zero-order valence-electron chi connectivity index (χ0n) is 31.3. The number of Topliss-reactive ketones (excluding diaryl/α,β-unsaturated/α-hetero) is 1. The van der Waals surface area contributed by atoms with Crippen LogP contribution in [0.25, 0.3) is 0 Å². The van der Waals surface area contributed by atoms with Crippen molar-refractivity contribution < 1.29 is 63.1 Å². The minimum absolute atomic E-state index is 0.0224. The Morgan fingerprint density at radius 3 is 1.44 bits per heavy atom. The van der Waals surface area contributed by atoms with Crippen molar-refractivity contribution >= 4 is 29.7 Å². The van der Waals surface area contributed by atoms with E-state index < -0.39 is 69.0 Å². The Kier molecular flexibility index (Phi) is 14.3. The molecule has 278 valence electrons. The van der Waals surface area contributed by atoms with Crippen LogP contribution in [0, 0.1) is 11.3 Å². The lowest BCUT2D eigenvalue weighted by Gasteiger charge is -2.32. The summed E-state index contributed by atoms with van der Waals surface area (Å²) in [7, 11) is 0. The summed E-state index contributed by atoms with van der Waals surface area (Å²) in [4.78, 5) is 110. The molecule has 13 heteroatoms. The first kappa shape index (κ1) is 42.3. The largest absolute Gasteiger partial charge is 0.373 e. The highest BCUT2D eigenvalue weighted by Gasteiger charge is 2.58. The topological polar surface area (TPSA) is 159 Å². The number of allylic oxidation sites excluding steroid dienone is 2. The minimum Gasteiger partial charge on any atom is -0.296 e. The summed E-state index contributed by atoms with van der Waals surface area (Å²) in [5, 5.41) is 0. The maximum atomic E-state index is 13.9. The molecule has 50 heavy (non-hydrogen) atoms. The van der Waals surface area contributed by atoms with Crippen LogP contribution in [0.5, 0.6) is 0 Å². The molecule has 0 radical (unpaired) electrons. The molecule has 13 nitrogen and oxygen atoms in total. The summed E-state index contributed by atoms with van der Waals surface area (Å²) in [6.07, 6.45) is 5.13. The summed E-state index contributed by atoms with van der Waals surface area (Å²) in [6, 6.07) is 5.66. The maximum Gasteiger partial charge on any atom is 0.373 e. The van der Waals surface area contributed by atoms with E-state index in [4.69, 9.17) is 39.1 Å². The first-order valence-corrected chi connectivity index (χ1v) is 16.8. The number of hydrogen-bond donors (Lipinski definition) is 0. The van der Waals surface area contributed by atoms with Crippen molar-refractivity contribution in [1.82, 2.24) is 0 Å². The number of ketones is 1. The van der Waals surface area contributed by atoms with E-state index in [9.17, 15) is 24.0 Å². The van der Waals surface area contributed by atoms with Crippen molar-refractivity contribution in [3.05, 3.63) is 59.2 Å². The Balaban J connectivity index is 2.65. The average Bonchev–Trinajstić information content (AvgIpc) is 3.10. The van der Waals surface area contributed by atoms with E-state index in [0.29, 0.717) is 25.7 Å². The molecule has 0 N–H and O–H groups in total. The molecule has 1 aliphatic rings. The van der Waals surface area contributed by atoms with Gasteiger partial charge in [0.15, 0.2) is 5.78 Å². The van der Waals surface area contributed by atoms with Gasteiger partial charge in [0.25, 0.3) is 0 Å². The van der Waals surface area contributed by atoms with E-state index in [1.165, 1.54) is 30.3 Å². The van der Waals surface area contributed by atoms with E-state index in [-0.39, 0.29) is 11.1 Å². The molecule has 0 bridgehead atoms. The van der Waals surface area contributed by atoms with Crippen molar-refractivity contribution in [3.8, 4) is 0 Å². The zero-order chi connectivity index (χ0) is 38.1. The normalized spacial score (nSPS) is 16.2. The Morgan fingerprint density at radius 2 is 1.00 bits per heavy atom. The zero-order valence-corrected chi connectivity index (χ0v) is 31.3. The van der Waals surface area contributed by atoms with Gasteiger partial charge in [-0.25, -0.2) is 19.2 Å². The molecule has 1 atom stereocenters. The van der Waals surface area contributed by atoms with Crippen LogP contribution >= 0.6 is 0 Å². The number of carbonyl (C=O) groups is 5. The van der Waals surface area contributed by atoms with Crippen LogP contribution in [0.2, 0.25) is 0 Å². The highest BCUT2D eigenvalue weighted by molar-refractivity contribution is 6.15. The predicted octanol–water partition coefficient (Wildman–Crippen LogP) is 7.24. The van der Waals surface area contributed by atoms with Gasteiger partial charge in [0.2, 0.25) is 5.41 Å². The third-order valence-corrected chi connectivity index (χ3v) is 8.65. The monoisotopic (exact) mass is 704 g/mol. The molecule has 0 amide bonds. The van der Waals surface area contributed by atoms with Crippen LogP contribution in [0.1, 0.15) is 129 Å². The fourth-order valence-electron chi connectivity index (χ4n) is 3.59. The second-order valence-corrected chi connectivity index (χ2v) is 14.5. The van der Waals surface area contributed by atoms with Gasteiger partial charge in [-0.2, -0.15) is 19.6 Å². The summed E-state index contributed by atoms with van der Waals surface area (Å²) in [5.41, 5.74) is -6.86. The van der Waals surface area contributed by atoms with Crippen LogP contribution in [0.3, 0.4) is 0 Å². The molecule has 2 rings (SSSR count). The third-order valence-electron chi connectivity index (χ3n) is 8.65. The van der Waals surface area contributed by atoms with Gasteiger partial charge in [0.1, 0.15) is 22.4 Å². The molecule has 0 aliphatic heterocycles. The lowest BCUT2D eigenvalue weighted by atomic mass is 9.73. The van der Waals surface area contributed by atoms with Crippen molar-refractivity contribution in [2.75, 3.05) is 0 Å². The minimum atomic E-state index is -2.66. The number of hydrogen-bond acceptors (Lipinski definition) is 13. The molecule has 1 unspecified atom stereocenters. The smallest absolute Gasteiger partial charge is 0.296 e. The Hall–Kier alpha value is -3.91. The fraction of sp³-hybridized carbons (Fsp3) is 0.595. The van der Waals surface area contributed by atoms with Crippen molar-refractivity contribution in [2.24, 2.45) is 11.3 Å².